The molecule has 0 saturated carbocycles. The lowest BCUT2D eigenvalue weighted by Gasteiger charge is -2.29. The van der Waals surface area contributed by atoms with E-state index in [4.69, 9.17) is 27.9 Å². The molecule has 0 unspecified atom stereocenters. The van der Waals surface area contributed by atoms with Crippen molar-refractivity contribution in [2.75, 3.05) is 13.2 Å². The summed E-state index contributed by atoms with van der Waals surface area (Å²) in [7, 11) is 0. The average Bonchev–Trinajstić information content (AvgIpc) is 2.71. The molecule has 2 amide bonds. The molecule has 0 heterocycles. The topological polar surface area (TPSA) is 58.6 Å². The van der Waals surface area contributed by atoms with E-state index in [2.05, 4.69) is 5.32 Å². The van der Waals surface area contributed by atoms with Crippen LogP contribution in [0.3, 0.4) is 0 Å². The Morgan fingerprint density at radius 1 is 1.07 bits per heavy atom. The van der Waals surface area contributed by atoms with Gasteiger partial charge < -0.3 is 15.0 Å². The third-order valence-electron chi connectivity index (χ3n) is 4.64. The summed E-state index contributed by atoms with van der Waals surface area (Å²) in [5, 5.41) is 4.05. The maximum absolute atomic E-state index is 13.0. The predicted octanol–water partition coefficient (Wildman–Crippen LogP) is 4.87. The van der Waals surface area contributed by atoms with Gasteiger partial charge in [-0.15, -0.1) is 0 Å². The van der Waals surface area contributed by atoms with Crippen molar-refractivity contribution in [3.05, 3.63) is 63.6 Å². The number of hydrogen-bond donors (Lipinski definition) is 1. The molecule has 1 atom stereocenters. The van der Waals surface area contributed by atoms with E-state index in [0.717, 1.165) is 11.1 Å². The van der Waals surface area contributed by atoms with Gasteiger partial charge in [0.15, 0.2) is 6.61 Å². The van der Waals surface area contributed by atoms with Gasteiger partial charge in [-0.05, 0) is 55.2 Å². The van der Waals surface area contributed by atoms with E-state index in [0.29, 0.717) is 28.3 Å². The fourth-order valence-electron chi connectivity index (χ4n) is 2.78. The van der Waals surface area contributed by atoms with Crippen LogP contribution in [0.2, 0.25) is 10.0 Å². The Bertz CT molecular complexity index is 887. The number of carbonyl (C=O) groups is 2. The van der Waals surface area contributed by atoms with Gasteiger partial charge in [-0.2, -0.15) is 0 Å². The van der Waals surface area contributed by atoms with Gasteiger partial charge in [0.2, 0.25) is 5.91 Å². The zero-order chi connectivity index (χ0) is 22.3. The van der Waals surface area contributed by atoms with Crippen molar-refractivity contribution in [1.82, 2.24) is 10.2 Å². The molecule has 2 rings (SSSR count). The van der Waals surface area contributed by atoms with Crippen LogP contribution in [0.1, 0.15) is 31.9 Å². The van der Waals surface area contributed by atoms with E-state index in [9.17, 15) is 9.59 Å². The Balaban J connectivity index is 2.16. The first-order valence-electron chi connectivity index (χ1n) is 9.88. The number of halogens is 2. The second kappa shape index (κ2) is 11.2. The van der Waals surface area contributed by atoms with Crippen molar-refractivity contribution >= 4 is 35.0 Å². The molecular weight excluding hydrogens is 423 g/mol. The first-order chi connectivity index (χ1) is 14.2. The Labute approximate surface area is 188 Å². The normalized spacial score (nSPS) is 11.8. The van der Waals surface area contributed by atoms with E-state index in [-0.39, 0.29) is 25.0 Å². The summed E-state index contributed by atoms with van der Waals surface area (Å²) in [6.07, 6.45) is 0. The maximum atomic E-state index is 13.0. The van der Waals surface area contributed by atoms with Crippen LogP contribution in [0.5, 0.6) is 5.75 Å². The molecule has 0 aliphatic heterocycles. The molecule has 0 spiro atoms. The van der Waals surface area contributed by atoms with E-state index in [1.807, 2.05) is 39.0 Å². The minimum Gasteiger partial charge on any atom is -0.484 e. The molecule has 0 radical (unpaired) electrons. The zero-order valence-corrected chi connectivity index (χ0v) is 19.3. The number of aryl methyl sites for hydroxylation is 1. The van der Waals surface area contributed by atoms with Gasteiger partial charge in [-0.3, -0.25) is 9.59 Å². The summed E-state index contributed by atoms with van der Waals surface area (Å²) in [4.78, 5) is 27.1. The number of hydrogen-bond acceptors (Lipinski definition) is 3. The lowest BCUT2D eigenvalue weighted by Crippen LogP contribution is -2.49. The number of amides is 2. The Hall–Kier alpha value is -2.24. The largest absolute Gasteiger partial charge is 0.484 e. The maximum Gasteiger partial charge on any atom is 0.261 e. The second-order valence-electron chi connectivity index (χ2n) is 7.63. The minimum atomic E-state index is -0.678. The molecule has 30 heavy (non-hydrogen) atoms. The van der Waals surface area contributed by atoms with Gasteiger partial charge in [0.1, 0.15) is 11.8 Å². The van der Waals surface area contributed by atoms with Gasteiger partial charge in [0.05, 0.1) is 0 Å². The van der Waals surface area contributed by atoms with Crippen LogP contribution >= 0.6 is 23.2 Å². The summed E-state index contributed by atoms with van der Waals surface area (Å²) >= 11 is 12.3. The van der Waals surface area contributed by atoms with Crippen LogP contribution in [-0.2, 0) is 16.1 Å². The van der Waals surface area contributed by atoms with Crippen molar-refractivity contribution in [2.45, 2.75) is 40.3 Å². The lowest BCUT2D eigenvalue weighted by molar-refractivity contribution is -0.142. The molecule has 7 heteroatoms. The van der Waals surface area contributed by atoms with Gasteiger partial charge in [-0.1, -0.05) is 55.2 Å². The highest BCUT2D eigenvalue weighted by atomic mass is 35.5. The summed E-state index contributed by atoms with van der Waals surface area (Å²) in [5.41, 5.74) is 1.62. The Morgan fingerprint density at radius 3 is 2.40 bits per heavy atom. The van der Waals surface area contributed by atoms with Crippen LogP contribution in [-0.4, -0.2) is 35.9 Å². The summed E-state index contributed by atoms with van der Waals surface area (Å²) in [6.45, 7) is 8.14. The summed E-state index contributed by atoms with van der Waals surface area (Å²) in [5.74, 6) is 0.325. The molecule has 0 aliphatic rings. The summed E-state index contributed by atoms with van der Waals surface area (Å²) in [6, 6.07) is 11.8. The molecule has 0 fully saturated rings. The first kappa shape index (κ1) is 24.0. The Morgan fingerprint density at radius 2 is 1.77 bits per heavy atom. The first-order valence-corrected chi connectivity index (χ1v) is 10.6. The van der Waals surface area contributed by atoms with Gasteiger partial charge in [0.25, 0.3) is 5.91 Å². The monoisotopic (exact) mass is 450 g/mol. The van der Waals surface area contributed by atoms with Crippen LogP contribution in [0.15, 0.2) is 42.5 Å². The molecule has 0 bridgehead atoms. The van der Waals surface area contributed by atoms with Crippen molar-refractivity contribution in [2.24, 2.45) is 5.92 Å². The average molecular weight is 451 g/mol. The number of carbonyl (C=O) groups excluding carboxylic acids is 2. The molecule has 0 aliphatic carbocycles. The van der Waals surface area contributed by atoms with Crippen LogP contribution in [0.4, 0.5) is 0 Å². The number of ether oxygens (including phenoxy) is 1. The number of nitrogens with zero attached hydrogens (tertiary/aromatic N) is 1. The molecule has 5 nitrogen and oxygen atoms in total. The van der Waals surface area contributed by atoms with E-state index < -0.39 is 6.04 Å². The van der Waals surface area contributed by atoms with Crippen LogP contribution in [0, 0.1) is 12.8 Å². The third-order valence-corrected chi connectivity index (χ3v) is 5.43. The zero-order valence-electron chi connectivity index (χ0n) is 17.7. The van der Waals surface area contributed by atoms with E-state index in [1.165, 1.54) is 4.90 Å². The molecule has 1 N–H and O–H groups in total. The van der Waals surface area contributed by atoms with Gasteiger partial charge in [-0.25, -0.2) is 0 Å². The van der Waals surface area contributed by atoms with E-state index >= 15 is 0 Å². The van der Waals surface area contributed by atoms with Gasteiger partial charge >= 0.3 is 0 Å². The number of benzene rings is 2. The highest BCUT2D eigenvalue weighted by Gasteiger charge is 2.27. The third kappa shape index (κ3) is 6.92. The van der Waals surface area contributed by atoms with Crippen LogP contribution < -0.4 is 10.1 Å². The van der Waals surface area contributed by atoms with Crippen molar-refractivity contribution in [3.63, 3.8) is 0 Å². The van der Waals surface area contributed by atoms with Crippen molar-refractivity contribution in [1.29, 1.82) is 0 Å². The fraction of sp³-hybridized carbons (Fsp3) is 0.391. The second-order valence-corrected chi connectivity index (χ2v) is 8.44. The molecule has 2 aromatic carbocycles. The quantitative estimate of drug-likeness (QED) is 0.592. The highest BCUT2D eigenvalue weighted by molar-refractivity contribution is 6.31. The van der Waals surface area contributed by atoms with Gasteiger partial charge in [0, 0.05) is 23.1 Å². The lowest BCUT2D eigenvalue weighted by atomic mass is 10.1. The molecule has 0 saturated heterocycles. The molecule has 2 aromatic rings. The standard InChI is InChI=1S/C23H28Cl2N2O3/c1-15(2)12-26-23(29)17(4)27(13-18-7-5-6-8-21(18)25)22(28)14-30-19-9-10-20(24)16(3)11-19/h5-11,15,17H,12-14H2,1-4H3,(H,26,29)/t17-/m0/s1. The molecule has 162 valence electrons. The van der Waals surface area contributed by atoms with Crippen LogP contribution in [0.25, 0.3) is 0 Å². The van der Waals surface area contributed by atoms with E-state index in [1.54, 1.807) is 31.2 Å². The number of rotatable bonds is 9. The smallest absolute Gasteiger partial charge is 0.261 e. The molecule has 0 aromatic heterocycles. The summed E-state index contributed by atoms with van der Waals surface area (Å²) < 4.78 is 5.67. The van der Waals surface area contributed by atoms with Crippen molar-refractivity contribution in [3.8, 4) is 5.75 Å². The minimum absolute atomic E-state index is 0.201. The Kier molecular flexibility index (Phi) is 9.00. The fourth-order valence-corrected chi connectivity index (χ4v) is 3.09. The highest BCUT2D eigenvalue weighted by Crippen LogP contribution is 2.22. The van der Waals surface area contributed by atoms with Crippen molar-refractivity contribution < 1.29 is 14.3 Å². The SMILES string of the molecule is Cc1cc(OCC(=O)N(Cc2ccccc2Cl)[C@@H](C)C(=O)NCC(C)C)ccc1Cl. The number of nitrogens with one attached hydrogen (secondary N) is 1. The predicted molar refractivity (Wildman–Crippen MR) is 121 cm³/mol. The molecular formula is C23H28Cl2N2O3.